The standard InChI is InChI=1S/C52H33NS2/c1-2-9-37-30-39(17-16-34(37)8-1)35-18-24-42(25-19-35)53(43-26-20-36(21-27-43)40-22-28-47-45-12-3-5-14-49(45)54-51(47)32-40)44-11-7-10-38(31-44)41-23-29-48-46-13-4-6-15-50(46)55-52(48)33-41/h1-33H. The maximum absolute atomic E-state index is 2.38. The molecule has 0 aliphatic heterocycles. The van der Waals surface area contributed by atoms with E-state index in [1.165, 1.54) is 84.5 Å². The lowest BCUT2D eigenvalue weighted by molar-refractivity contribution is 1.28. The molecule has 11 rings (SSSR count). The average Bonchev–Trinajstić information content (AvgIpc) is 3.82. The Labute approximate surface area is 327 Å². The molecule has 2 heterocycles. The highest BCUT2D eigenvalue weighted by Gasteiger charge is 2.16. The molecule has 3 heteroatoms. The quantitative estimate of drug-likeness (QED) is 0.164. The maximum atomic E-state index is 2.38. The molecule has 0 radical (unpaired) electrons. The third-order valence-electron chi connectivity index (χ3n) is 10.9. The summed E-state index contributed by atoms with van der Waals surface area (Å²) in [6.45, 7) is 0. The maximum Gasteiger partial charge on any atom is 0.0467 e. The van der Waals surface area contributed by atoms with Crippen LogP contribution in [0.1, 0.15) is 0 Å². The second-order valence-electron chi connectivity index (χ2n) is 14.2. The summed E-state index contributed by atoms with van der Waals surface area (Å²) in [5.41, 5.74) is 10.6. The minimum absolute atomic E-state index is 1.11. The van der Waals surface area contributed by atoms with Gasteiger partial charge in [0.1, 0.15) is 0 Å². The Morgan fingerprint density at radius 2 is 0.709 bits per heavy atom. The molecule has 11 aromatic rings. The minimum Gasteiger partial charge on any atom is -0.310 e. The van der Waals surface area contributed by atoms with Crippen LogP contribution in [0.3, 0.4) is 0 Å². The summed E-state index contributed by atoms with van der Waals surface area (Å²) in [5, 5.41) is 7.81. The van der Waals surface area contributed by atoms with Crippen LogP contribution < -0.4 is 4.90 Å². The summed E-state index contributed by atoms with van der Waals surface area (Å²) >= 11 is 3.73. The zero-order valence-electron chi connectivity index (χ0n) is 29.8. The van der Waals surface area contributed by atoms with Gasteiger partial charge in [-0.3, -0.25) is 0 Å². The Morgan fingerprint density at radius 1 is 0.255 bits per heavy atom. The molecule has 0 amide bonds. The highest BCUT2D eigenvalue weighted by atomic mass is 32.1. The van der Waals surface area contributed by atoms with E-state index < -0.39 is 0 Å². The van der Waals surface area contributed by atoms with E-state index in [1.807, 2.05) is 22.7 Å². The number of hydrogen-bond acceptors (Lipinski definition) is 3. The summed E-state index contributed by atoms with van der Waals surface area (Å²) < 4.78 is 5.29. The number of fused-ring (bicyclic) bond motifs is 7. The van der Waals surface area contributed by atoms with Gasteiger partial charge in [0.25, 0.3) is 0 Å². The van der Waals surface area contributed by atoms with Gasteiger partial charge in [-0.05, 0) is 111 Å². The number of nitrogens with zero attached hydrogens (tertiary/aromatic N) is 1. The molecule has 9 aromatic carbocycles. The molecule has 0 aliphatic carbocycles. The predicted octanol–water partition coefficient (Wildman–Crippen LogP) is 16.0. The SMILES string of the molecule is c1cc(-c2ccc3c(c2)sc2ccccc23)cc(N(c2ccc(-c3ccc4ccccc4c3)cc2)c2ccc(-c3ccc4c(c3)sc3ccccc34)cc2)c1. The lowest BCUT2D eigenvalue weighted by Gasteiger charge is -2.26. The Morgan fingerprint density at radius 3 is 1.33 bits per heavy atom. The van der Waals surface area contributed by atoms with Crippen molar-refractivity contribution < 1.29 is 0 Å². The number of rotatable bonds is 6. The van der Waals surface area contributed by atoms with E-state index in [2.05, 4.69) is 205 Å². The molecule has 0 aliphatic rings. The van der Waals surface area contributed by atoms with Crippen molar-refractivity contribution in [2.24, 2.45) is 0 Å². The Hall–Kier alpha value is -6.52. The molecule has 0 fully saturated rings. The summed E-state index contributed by atoms with van der Waals surface area (Å²) in [7, 11) is 0. The second-order valence-corrected chi connectivity index (χ2v) is 16.3. The first-order chi connectivity index (χ1) is 27.2. The van der Waals surface area contributed by atoms with Crippen LogP contribution in [0, 0.1) is 0 Å². The molecule has 2 aromatic heterocycles. The summed E-state index contributed by atoms with van der Waals surface area (Å²) in [5.74, 6) is 0. The van der Waals surface area contributed by atoms with Gasteiger partial charge in [0.2, 0.25) is 0 Å². The van der Waals surface area contributed by atoms with Crippen molar-refractivity contribution in [1.82, 2.24) is 0 Å². The van der Waals surface area contributed by atoms with Crippen molar-refractivity contribution in [3.8, 4) is 33.4 Å². The molecule has 258 valence electrons. The van der Waals surface area contributed by atoms with Crippen molar-refractivity contribution >= 4 is 90.9 Å². The van der Waals surface area contributed by atoms with Crippen molar-refractivity contribution in [3.63, 3.8) is 0 Å². The van der Waals surface area contributed by atoms with Gasteiger partial charge in [0.15, 0.2) is 0 Å². The lowest BCUT2D eigenvalue weighted by Crippen LogP contribution is -2.10. The normalized spacial score (nSPS) is 11.6. The predicted molar refractivity (Wildman–Crippen MR) is 241 cm³/mol. The first-order valence-electron chi connectivity index (χ1n) is 18.6. The smallest absolute Gasteiger partial charge is 0.0467 e. The number of thiophene rings is 2. The highest BCUT2D eigenvalue weighted by Crippen LogP contribution is 2.41. The Kier molecular flexibility index (Phi) is 7.61. The average molecular weight is 736 g/mol. The largest absolute Gasteiger partial charge is 0.310 e. The van der Waals surface area contributed by atoms with Crippen LogP contribution >= 0.6 is 22.7 Å². The molecule has 1 nitrogen and oxygen atoms in total. The molecule has 0 saturated heterocycles. The molecule has 0 unspecified atom stereocenters. The molecule has 0 bridgehead atoms. The fourth-order valence-electron chi connectivity index (χ4n) is 8.06. The molecule has 55 heavy (non-hydrogen) atoms. The van der Waals surface area contributed by atoms with Crippen LogP contribution in [0.2, 0.25) is 0 Å². The Bertz CT molecular complexity index is 3200. The van der Waals surface area contributed by atoms with Gasteiger partial charge in [0, 0.05) is 57.4 Å². The van der Waals surface area contributed by atoms with Crippen LogP contribution in [0.25, 0.3) is 84.5 Å². The van der Waals surface area contributed by atoms with Gasteiger partial charge in [-0.25, -0.2) is 0 Å². The summed E-state index contributed by atoms with van der Waals surface area (Å²) in [4.78, 5) is 2.38. The fraction of sp³-hybridized carbons (Fsp3) is 0. The first-order valence-corrected chi connectivity index (χ1v) is 20.3. The van der Waals surface area contributed by atoms with E-state index in [4.69, 9.17) is 0 Å². The molecular formula is C52H33NS2. The van der Waals surface area contributed by atoms with Gasteiger partial charge in [-0.1, -0.05) is 133 Å². The van der Waals surface area contributed by atoms with Crippen LogP contribution in [-0.2, 0) is 0 Å². The zero-order chi connectivity index (χ0) is 36.3. The van der Waals surface area contributed by atoms with Crippen molar-refractivity contribution in [3.05, 3.63) is 200 Å². The summed E-state index contributed by atoms with van der Waals surface area (Å²) in [6.07, 6.45) is 0. The van der Waals surface area contributed by atoms with Crippen LogP contribution in [0.15, 0.2) is 200 Å². The molecule has 0 atom stereocenters. The monoisotopic (exact) mass is 735 g/mol. The van der Waals surface area contributed by atoms with Crippen molar-refractivity contribution in [2.75, 3.05) is 4.90 Å². The van der Waals surface area contributed by atoms with E-state index >= 15 is 0 Å². The first kappa shape index (κ1) is 32.0. The second kappa shape index (κ2) is 13.1. The zero-order valence-corrected chi connectivity index (χ0v) is 31.4. The highest BCUT2D eigenvalue weighted by molar-refractivity contribution is 7.26. The molecular weight excluding hydrogens is 703 g/mol. The van der Waals surface area contributed by atoms with E-state index in [1.54, 1.807) is 0 Å². The molecule has 0 N–H and O–H groups in total. The number of benzene rings is 9. The van der Waals surface area contributed by atoms with Gasteiger partial charge < -0.3 is 4.90 Å². The van der Waals surface area contributed by atoms with E-state index in [-0.39, 0.29) is 0 Å². The van der Waals surface area contributed by atoms with Crippen LogP contribution in [-0.4, -0.2) is 0 Å². The fourth-order valence-corrected chi connectivity index (χ4v) is 10.3. The third kappa shape index (κ3) is 5.68. The van der Waals surface area contributed by atoms with Crippen molar-refractivity contribution in [1.29, 1.82) is 0 Å². The van der Waals surface area contributed by atoms with E-state index in [0.29, 0.717) is 0 Å². The van der Waals surface area contributed by atoms with Crippen LogP contribution in [0.5, 0.6) is 0 Å². The van der Waals surface area contributed by atoms with Gasteiger partial charge in [-0.15, -0.1) is 22.7 Å². The van der Waals surface area contributed by atoms with Crippen molar-refractivity contribution in [2.45, 2.75) is 0 Å². The van der Waals surface area contributed by atoms with E-state index in [9.17, 15) is 0 Å². The third-order valence-corrected chi connectivity index (χ3v) is 13.1. The van der Waals surface area contributed by atoms with Gasteiger partial charge in [-0.2, -0.15) is 0 Å². The van der Waals surface area contributed by atoms with Crippen LogP contribution in [0.4, 0.5) is 17.1 Å². The number of hydrogen-bond donors (Lipinski definition) is 0. The molecule has 0 saturated carbocycles. The Balaban J connectivity index is 0.989. The van der Waals surface area contributed by atoms with Gasteiger partial charge in [0.05, 0.1) is 0 Å². The van der Waals surface area contributed by atoms with E-state index in [0.717, 1.165) is 17.1 Å². The topological polar surface area (TPSA) is 3.24 Å². The minimum atomic E-state index is 1.11. The summed E-state index contributed by atoms with van der Waals surface area (Å²) in [6, 6.07) is 73.5. The van der Waals surface area contributed by atoms with Gasteiger partial charge >= 0.3 is 0 Å². The number of anilines is 3. The lowest BCUT2D eigenvalue weighted by atomic mass is 10.00. The molecule has 0 spiro atoms.